The van der Waals surface area contributed by atoms with Crippen LogP contribution in [-0.4, -0.2) is 22.8 Å². The monoisotopic (exact) mass is 281 g/mol. The standard InChI is InChI=1S/C13H16BrNO/c1-13(2)12(16)7-8-15(13)9-10-5-3-4-6-11(10)14/h3-6H,7-9H2,1-2H3. The second-order valence-corrected chi connectivity index (χ2v) is 5.60. The molecule has 2 rings (SSSR count). The van der Waals surface area contributed by atoms with Crippen molar-refractivity contribution in [2.45, 2.75) is 32.4 Å². The van der Waals surface area contributed by atoms with Crippen LogP contribution < -0.4 is 0 Å². The van der Waals surface area contributed by atoms with Crippen molar-refractivity contribution in [3.63, 3.8) is 0 Å². The van der Waals surface area contributed by atoms with E-state index < -0.39 is 0 Å². The number of ketones is 1. The maximum absolute atomic E-state index is 11.7. The van der Waals surface area contributed by atoms with Crippen LogP contribution in [0.2, 0.25) is 0 Å². The van der Waals surface area contributed by atoms with Gasteiger partial charge in [0.15, 0.2) is 5.78 Å². The van der Waals surface area contributed by atoms with Crippen LogP contribution in [0.5, 0.6) is 0 Å². The minimum absolute atomic E-state index is 0.310. The molecule has 1 aromatic rings. The Morgan fingerprint density at radius 2 is 2.06 bits per heavy atom. The Kier molecular flexibility index (Phi) is 3.17. The Labute approximate surface area is 105 Å². The van der Waals surface area contributed by atoms with Crippen molar-refractivity contribution in [2.24, 2.45) is 0 Å². The first-order valence-corrected chi connectivity index (χ1v) is 6.33. The van der Waals surface area contributed by atoms with Crippen molar-refractivity contribution >= 4 is 21.7 Å². The Morgan fingerprint density at radius 3 is 2.62 bits per heavy atom. The van der Waals surface area contributed by atoms with E-state index in [9.17, 15) is 4.79 Å². The zero-order valence-corrected chi connectivity index (χ0v) is 11.3. The predicted octanol–water partition coefficient (Wildman–Crippen LogP) is 3.00. The Bertz CT molecular complexity index is 414. The number of hydrogen-bond acceptors (Lipinski definition) is 2. The summed E-state index contributed by atoms with van der Waals surface area (Å²) < 4.78 is 1.12. The minimum atomic E-state index is -0.310. The number of carbonyl (C=O) groups is 1. The highest BCUT2D eigenvalue weighted by Gasteiger charge is 2.39. The minimum Gasteiger partial charge on any atom is -0.298 e. The summed E-state index contributed by atoms with van der Waals surface area (Å²) >= 11 is 3.54. The molecule has 0 atom stereocenters. The van der Waals surface area contributed by atoms with Crippen LogP contribution in [0, 0.1) is 0 Å². The molecule has 2 nitrogen and oxygen atoms in total. The first-order valence-electron chi connectivity index (χ1n) is 5.53. The number of halogens is 1. The van der Waals surface area contributed by atoms with Crippen molar-refractivity contribution in [1.29, 1.82) is 0 Å². The van der Waals surface area contributed by atoms with Crippen LogP contribution >= 0.6 is 15.9 Å². The lowest BCUT2D eigenvalue weighted by molar-refractivity contribution is -0.123. The molecule has 0 saturated carbocycles. The summed E-state index contributed by atoms with van der Waals surface area (Å²) in [6.45, 7) is 5.73. The largest absolute Gasteiger partial charge is 0.298 e. The van der Waals surface area contributed by atoms with E-state index in [-0.39, 0.29) is 5.54 Å². The summed E-state index contributed by atoms with van der Waals surface area (Å²) in [6.07, 6.45) is 0.678. The van der Waals surface area contributed by atoms with Gasteiger partial charge in [-0.15, -0.1) is 0 Å². The number of benzene rings is 1. The third-order valence-electron chi connectivity index (χ3n) is 3.40. The quantitative estimate of drug-likeness (QED) is 0.831. The molecular weight excluding hydrogens is 266 g/mol. The molecule has 3 heteroatoms. The molecule has 0 radical (unpaired) electrons. The van der Waals surface area contributed by atoms with Crippen molar-refractivity contribution in [1.82, 2.24) is 4.90 Å². The summed E-state index contributed by atoms with van der Waals surface area (Å²) in [7, 11) is 0. The summed E-state index contributed by atoms with van der Waals surface area (Å²) in [5, 5.41) is 0. The molecule has 0 spiro atoms. The summed E-state index contributed by atoms with van der Waals surface area (Å²) in [5.41, 5.74) is 0.931. The van der Waals surface area contributed by atoms with Crippen molar-refractivity contribution < 1.29 is 4.79 Å². The number of hydrogen-bond donors (Lipinski definition) is 0. The van der Waals surface area contributed by atoms with Crippen LogP contribution in [-0.2, 0) is 11.3 Å². The number of nitrogens with zero attached hydrogens (tertiary/aromatic N) is 1. The smallest absolute Gasteiger partial charge is 0.153 e. The molecule has 0 aliphatic carbocycles. The van der Waals surface area contributed by atoms with Gasteiger partial charge in [0.05, 0.1) is 5.54 Å². The van der Waals surface area contributed by atoms with E-state index in [0.29, 0.717) is 12.2 Å². The number of rotatable bonds is 2. The van der Waals surface area contributed by atoms with Gasteiger partial charge in [-0.25, -0.2) is 0 Å². The third-order valence-corrected chi connectivity index (χ3v) is 4.17. The predicted molar refractivity (Wildman–Crippen MR) is 68.3 cm³/mol. The molecule has 1 aliphatic rings. The van der Waals surface area contributed by atoms with E-state index in [1.54, 1.807) is 0 Å². The zero-order valence-electron chi connectivity index (χ0n) is 9.66. The first kappa shape index (κ1) is 11.8. The number of Topliss-reactive ketones (excluding diaryl/α,β-unsaturated/α-hetero) is 1. The van der Waals surface area contributed by atoms with E-state index in [4.69, 9.17) is 0 Å². The van der Waals surface area contributed by atoms with E-state index in [1.807, 2.05) is 32.0 Å². The topological polar surface area (TPSA) is 20.3 Å². The zero-order chi connectivity index (χ0) is 11.8. The van der Waals surface area contributed by atoms with Crippen LogP contribution in [0.25, 0.3) is 0 Å². The van der Waals surface area contributed by atoms with E-state index in [1.165, 1.54) is 5.56 Å². The van der Waals surface area contributed by atoms with E-state index in [2.05, 4.69) is 26.9 Å². The van der Waals surface area contributed by atoms with Gasteiger partial charge in [-0.3, -0.25) is 9.69 Å². The maximum atomic E-state index is 11.7. The normalized spacial score (nSPS) is 20.3. The molecule has 0 bridgehead atoms. The van der Waals surface area contributed by atoms with Gasteiger partial charge in [0.2, 0.25) is 0 Å². The lowest BCUT2D eigenvalue weighted by atomic mass is 10.00. The molecule has 1 saturated heterocycles. The van der Waals surface area contributed by atoms with Gasteiger partial charge in [-0.2, -0.15) is 0 Å². The lowest BCUT2D eigenvalue weighted by Crippen LogP contribution is -2.42. The van der Waals surface area contributed by atoms with Crippen LogP contribution in [0.4, 0.5) is 0 Å². The molecule has 1 fully saturated rings. The fraction of sp³-hybridized carbons (Fsp3) is 0.462. The Morgan fingerprint density at radius 1 is 1.38 bits per heavy atom. The first-order chi connectivity index (χ1) is 7.51. The molecule has 1 aromatic carbocycles. The Balaban J connectivity index is 2.18. The Hall–Kier alpha value is -0.670. The van der Waals surface area contributed by atoms with Crippen molar-refractivity contribution in [3.8, 4) is 0 Å². The van der Waals surface area contributed by atoms with Gasteiger partial charge in [0.1, 0.15) is 0 Å². The molecule has 0 N–H and O–H groups in total. The van der Waals surface area contributed by atoms with Crippen LogP contribution in [0.3, 0.4) is 0 Å². The fourth-order valence-electron chi connectivity index (χ4n) is 2.11. The van der Waals surface area contributed by atoms with Gasteiger partial charge >= 0.3 is 0 Å². The summed E-state index contributed by atoms with van der Waals surface area (Å²) in [4.78, 5) is 14.0. The molecular formula is C13H16BrNO. The highest BCUT2D eigenvalue weighted by atomic mass is 79.9. The van der Waals surface area contributed by atoms with Crippen LogP contribution in [0.15, 0.2) is 28.7 Å². The molecule has 0 aromatic heterocycles. The van der Waals surface area contributed by atoms with Gasteiger partial charge in [-0.1, -0.05) is 34.1 Å². The maximum Gasteiger partial charge on any atom is 0.153 e. The van der Waals surface area contributed by atoms with Gasteiger partial charge in [-0.05, 0) is 25.5 Å². The van der Waals surface area contributed by atoms with Crippen molar-refractivity contribution in [2.75, 3.05) is 6.54 Å². The molecule has 0 amide bonds. The lowest BCUT2D eigenvalue weighted by Gasteiger charge is -2.30. The number of carbonyl (C=O) groups excluding carboxylic acids is 1. The molecule has 86 valence electrons. The van der Waals surface area contributed by atoms with Crippen LogP contribution in [0.1, 0.15) is 25.8 Å². The molecule has 1 heterocycles. The fourth-order valence-corrected chi connectivity index (χ4v) is 2.52. The molecule has 1 aliphatic heterocycles. The highest BCUT2D eigenvalue weighted by molar-refractivity contribution is 9.10. The van der Waals surface area contributed by atoms with E-state index >= 15 is 0 Å². The molecule has 0 unspecified atom stereocenters. The average Bonchev–Trinajstić information content (AvgIpc) is 2.48. The third kappa shape index (κ3) is 2.06. The second-order valence-electron chi connectivity index (χ2n) is 4.75. The average molecular weight is 282 g/mol. The van der Waals surface area contributed by atoms with Gasteiger partial charge in [0, 0.05) is 24.0 Å². The van der Waals surface area contributed by atoms with Gasteiger partial charge < -0.3 is 0 Å². The molecule has 16 heavy (non-hydrogen) atoms. The summed E-state index contributed by atoms with van der Waals surface area (Å²) in [6, 6.07) is 8.18. The van der Waals surface area contributed by atoms with Gasteiger partial charge in [0.25, 0.3) is 0 Å². The number of likely N-dealkylation sites (tertiary alicyclic amines) is 1. The highest BCUT2D eigenvalue weighted by Crippen LogP contribution is 2.28. The van der Waals surface area contributed by atoms with Crippen molar-refractivity contribution in [3.05, 3.63) is 34.3 Å². The SMILES string of the molecule is CC1(C)C(=O)CCN1Cc1ccccc1Br. The second kappa shape index (κ2) is 4.30. The summed E-state index contributed by atoms with van der Waals surface area (Å²) in [5.74, 6) is 0.347. The van der Waals surface area contributed by atoms with E-state index in [0.717, 1.165) is 17.6 Å².